The number of rotatable bonds is 4. The van der Waals surface area contributed by atoms with Crippen molar-refractivity contribution < 1.29 is 35.5 Å². The summed E-state index contributed by atoms with van der Waals surface area (Å²) in [5, 5.41) is 0. The molecule has 0 spiro atoms. The molecule has 188 valence electrons. The molecule has 0 saturated heterocycles. The fourth-order valence-corrected chi connectivity index (χ4v) is 6.25. The van der Waals surface area contributed by atoms with Gasteiger partial charge in [0.1, 0.15) is 4.90 Å². The Morgan fingerprint density at radius 2 is 1.25 bits per heavy atom. The van der Waals surface area contributed by atoms with E-state index in [1.165, 1.54) is 38.1 Å². The Hall–Kier alpha value is -3.62. The zero-order valence-corrected chi connectivity index (χ0v) is 20.6. The van der Waals surface area contributed by atoms with Gasteiger partial charge >= 0.3 is 0 Å². The molecule has 36 heavy (non-hydrogen) atoms. The van der Waals surface area contributed by atoms with Gasteiger partial charge in [-0.2, -0.15) is 16.8 Å². The van der Waals surface area contributed by atoms with Gasteiger partial charge in [0.15, 0.2) is 11.6 Å². The van der Waals surface area contributed by atoms with Gasteiger partial charge in [0.2, 0.25) is 0 Å². The molecule has 0 saturated carbocycles. The predicted molar refractivity (Wildman–Crippen MR) is 131 cm³/mol. The third kappa shape index (κ3) is 3.60. The van der Waals surface area contributed by atoms with Gasteiger partial charge < -0.3 is 17.2 Å². The van der Waals surface area contributed by atoms with Crippen molar-refractivity contribution in [2.75, 3.05) is 11.5 Å². The summed E-state index contributed by atoms with van der Waals surface area (Å²) in [6, 6.07) is 6.93. The topological polar surface area (TPSA) is 221 Å². The van der Waals surface area contributed by atoms with Gasteiger partial charge in [-0.15, -0.1) is 0 Å². The predicted octanol–water partition coefficient (Wildman–Crippen LogP) is 1.86. The first-order valence-electron chi connectivity index (χ1n) is 10.3. The minimum Gasteiger partial charge on any atom is -0.397 e. The summed E-state index contributed by atoms with van der Waals surface area (Å²) in [6.07, 6.45) is 0. The Morgan fingerprint density at radius 1 is 0.750 bits per heavy atom. The van der Waals surface area contributed by atoms with Gasteiger partial charge in [0, 0.05) is 28.8 Å². The highest BCUT2D eigenvalue weighted by molar-refractivity contribution is 7.86. The molecule has 4 rings (SSSR count). The highest BCUT2D eigenvalue weighted by Gasteiger charge is 2.40. The van der Waals surface area contributed by atoms with Crippen molar-refractivity contribution in [3.8, 4) is 11.1 Å². The van der Waals surface area contributed by atoms with Crippen molar-refractivity contribution in [3.63, 3.8) is 0 Å². The molecule has 0 fully saturated rings. The maximum absolute atomic E-state index is 13.7. The molecule has 11 nitrogen and oxygen atoms in total. The van der Waals surface area contributed by atoms with Crippen LogP contribution in [0, 0.1) is 13.8 Å². The maximum Gasteiger partial charge on any atom is 0.298 e. The number of hydrogen-bond donors (Lipinski definition) is 5. The summed E-state index contributed by atoms with van der Waals surface area (Å²) < 4.78 is 68.8. The van der Waals surface area contributed by atoms with E-state index in [1.54, 1.807) is 0 Å². The number of nitrogen functional groups attached to an aromatic ring is 2. The van der Waals surface area contributed by atoms with Crippen LogP contribution in [0.25, 0.3) is 11.1 Å². The molecule has 3 aromatic rings. The third-order valence-corrected chi connectivity index (χ3v) is 8.25. The molecule has 0 bridgehead atoms. The lowest BCUT2D eigenvalue weighted by molar-refractivity contribution is 0.0980. The van der Waals surface area contributed by atoms with Crippen molar-refractivity contribution in [1.82, 2.24) is 0 Å². The number of ketones is 2. The van der Waals surface area contributed by atoms with Crippen LogP contribution in [0.15, 0.2) is 40.1 Å². The second kappa shape index (κ2) is 8.21. The lowest BCUT2D eigenvalue weighted by atomic mass is 9.77. The Morgan fingerprint density at radius 3 is 1.72 bits per heavy atom. The summed E-state index contributed by atoms with van der Waals surface area (Å²) in [5.41, 5.74) is 15.8. The molecule has 0 amide bonds. The zero-order chi connectivity index (χ0) is 26.9. The number of hydrogen-bond acceptors (Lipinski definition) is 9. The van der Waals surface area contributed by atoms with Crippen LogP contribution in [0.4, 0.5) is 11.4 Å². The fraction of sp³-hybridized carbons (Fsp3) is 0.130. The van der Waals surface area contributed by atoms with Crippen LogP contribution >= 0.6 is 0 Å². The quantitative estimate of drug-likeness (QED) is 0.189. The third-order valence-electron chi connectivity index (χ3n) is 6.31. The van der Waals surface area contributed by atoms with Gasteiger partial charge in [0.25, 0.3) is 20.2 Å². The summed E-state index contributed by atoms with van der Waals surface area (Å²) in [5.74, 6) is -1.51. The van der Waals surface area contributed by atoms with Crippen LogP contribution in [-0.4, -0.2) is 37.5 Å². The lowest BCUT2D eigenvalue weighted by Gasteiger charge is -2.27. The molecule has 0 aliphatic heterocycles. The molecule has 3 aromatic carbocycles. The van der Waals surface area contributed by atoms with Crippen molar-refractivity contribution in [3.05, 3.63) is 69.3 Å². The number of anilines is 2. The molecule has 0 atom stereocenters. The second-order valence-corrected chi connectivity index (χ2v) is 11.0. The molecule has 1 aliphatic carbocycles. The van der Waals surface area contributed by atoms with E-state index in [2.05, 4.69) is 0 Å². The normalized spacial score (nSPS) is 13.5. The molecule has 1 aliphatic rings. The molecule has 0 aromatic heterocycles. The van der Waals surface area contributed by atoms with E-state index in [0.29, 0.717) is 5.56 Å². The summed E-state index contributed by atoms with van der Waals surface area (Å²) in [4.78, 5) is 25.6. The van der Waals surface area contributed by atoms with E-state index in [9.17, 15) is 35.5 Å². The van der Waals surface area contributed by atoms with Gasteiger partial charge in [-0.25, -0.2) is 0 Å². The first-order chi connectivity index (χ1) is 16.6. The Labute approximate surface area is 206 Å². The van der Waals surface area contributed by atoms with E-state index < -0.39 is 58.5 Å². The van der Waals surface area contributed by atoms with Crippen LogP contribution in [-0.2, 0) is 26.8 Å². The second-order valence-electron chi connectivity index (χ2n) is 8.30. The van der Waals surface area contributed by atoms with E-state index in [4.69, 9.17) is 17.2 Å². The fourth-order valence-electron chi connectivity index (χ4n) is 4.71. The molecule has 8 N–H and O–H groups in total. The van der Waals surface area contributed by atoms with Crippen molar-refractivity contribution in [2.24, 2.45) is 5.73 Å². The van der Waals surface area contributed by atoms with Crippen LogP contribution in [0.5, 0.6) is 0 Å². The van der Waals surface area contributed by atoms with Gasteiger partial charge in [0.05, 0.1) is 21.8 Å². The smallest absolute Gasteiger partial charge is 0.298 e. The van der Waals surface area contributed by atoms with E-state index in [0.717, 1.165) is 6.07 Å². The first-order valence-corrected chi connectivity index (χ1v) is 13.2. The maximum atomic E-state index is 13.7. The Bertz CT molecular complexity index is 1740. The monoisotopic (exact) mass is 531 g/mol. The molecule has 0 radical (unpaired) electrons. The average Bonchev–Trinajstić information content (AvgIpc) is 2.77. The number of benzene rings is 3. The average molecular weight is 532 g/mol. The number of nitrogens with two attached hydrogens (primary N) is 3. The molecule has 0 unspecified atom stereocenters. The molecule has 0 heterocycles. The Balaban J connectivity index is 2.34. The highest BCUT2D eigenvalue weighted by atomic mass is 32.2. The standard InChI is InChI=1S/C23H21N3O8S2/c1-9-11(8-24)7-14(35(29,30)31)10(2)15(9)16-17-18(20(26)23(19(16)25)36(32,33)34)22(28)13-6-4-3-5-12(13)21(17)27/h3-7H,8,24-26H2,1-2H3,(H,29,30,31)(H,32,33,34). The molecule has 13 heteroatoms. The lowest BCUT2D eigenvalue weighted by Crippen LogP contribution is -2.26. The van der Waals surface area contributed by atoms with Gasteiger partial charge in [-0.3, -0.25) is 18.7 Å². The SMILES string of the molecule is Cc1c(CN)cc(S(=O)(=O)O)c(C)c1-c1c(N)c(S(=O)(=O)O)c(N)c2c1C(=O)c1ccccc1C2=O. The largest absolute Gasteiger partial charge is 0.397 e. The van der Waals surface area contributed by atoms with E-state index in [1.807, 2.05) is 0 Å². The summed E-state index contributed by atoms with van der Waals surface area (Å²) >= 11 is 0. The van der Waals surface area contributed by atoms with Crippen molar-refractivity contribution in [2.45, 2.75) is 30.2 Å². The zero-order valence-electron chi connectivity index (χ0n) is 19.0. The molecular weight excluding hydrogens is 510 g/mol. The van der Waals surface area contributed by atoms with E-state index in [-0.39, 0.29) is 45.5 Å². The minimum absolute atomic E-state index is 0.00468. The highest BCUT2D eigenvalue weighted by Crippen LogP contribution is 2.48. The first kappa shape index (κ1) is 25.5. The van der Waals surface area contributed by atoms with Crippen molar-refractivity contribution in [1.29, 1.82) is 0 Å². The van der Waals surface area contributed by atoms with Gasteiger partial charge in [-0.05, 0) is 42.2 Å². The van der Waals surface area contributed by atoms with Crippen LogP contribution in [0.2, 0.25) is 0 Å². The Kier molecular flexibility index (Phi) is 5.81. The minimum atomic E-state index is -5.13. The number of carbonyl (C=O) groups excluding carboxylic acids is 2. The van der Waals surface area contributed by atoms with Gasteiger partial charge in [-0.1, -0.05) is 24.3 Å². The van der Waals surface area contributed by atoms with E-state index >= 15 is 0 Å². The number of fused-ring (bicyclic) bond motifs is 2. The summed E-state index contributed by atoms with van der Waals surface area (Å²) in [7, 11) is -9.94. The van der Waals surface area contributed by atoms with Crippen molar-refractivity contribution >= 4 is 43.2 Å². The molecular formula is C23H21N3O8S2. The van der Waals surface area contributed by atoms with Crippen LogP contribution < -0.4 is 17.2 Å². The summed E-state index contributed by atoms with van der Waals surface area (Å²) in [6.45, 7) is 2.64. The number of carbonyl (C=O) groups is 2. The van der Waals surface area contributed by atoms with Crippen LogP contribution in [0.1, 0.15) is 48.5 Å². The van der Waals surface area contributed by atoms with Crippen LogP contribution in [0.3, 0.4) is 0 Å².